The Morgan fingerprint density at radius 3 is 2.48 bits per heavy atom. The molecule has 1 amide bonds. The van der Waals surface area contributed by atoms with Gasteiger partial charge in [-0.1, -0.05) is 30.3 Å². The minimum Gasteiger partial charge on any atom is -0.378 e. The lowest BCUT2D eigenvalue weighted by molar-refractivity contribution is -0.119. The molecule has 0 fully saturated rings. The van der Waals surface area contributed by atoms with Crippen molar-refractivity contribution in [2.45, 2.75) is 6.92 Å². The van der Waals surface area contributed by atoms with Gasteiger partial charge in [0.2, 0.25) is 0 Å². The zero-order chi connectivity index (χ0) is 16.7. The van der Waals surface area contributed by atoms with Gasteiger partial charge in [-0.2, -0.15) is 5.10 Å². The van der Waals surface area contributed by atoms with E-state index in [1.165, 1.54) is 0 Å². The van der Waals surface area contributed by atoms with Crippen LogP contribution in [0.1, 0.15) is 11.1 Å². The first-order valence-electron chi connectivity index (χ1n) is 7.45. The Morgan fingerprint density at radius 2 is 1.83 bits per heavy atom. The van der Waals surface area contributed by atoms with Crippen LogP contribution < -0.4 is 15.6 Å². The first kappa shape index (κ1) is 16.5. The number of amides is 1. The molecular formula is C18H22N4O. The fourth-order valence-corrected chi connectivity index (χ4v) is 2.02. The van der Waals surface area contributed by atoms with Gasteiger partial charge in [-0.3, -0.25) is 4.79 Å². The van der Waals surface area contributed by atoms with Crippen molar-refractivity contribution in [1.82, 2.24) is 5.43 Å². The number of carbonyl (C=O) groups excluding carboxylic acids is 1. The molecule has 2 aromatic carbocycles. The molecular weight excluding hydrogens is 288 g/mol. The third-order valence-electron chi connectivity index (χ3n) is 3.40. The van der Waals surface area contributed by atoms with E-state index in [0.29, 0.717) is 0 Å². The van der Waals surface area contributed by atoms with E-state index in [4.69, 9.17) is 0 Å². The van der Waals surface area contributed by atoms with E-state index in [1.807, 2.05) is 74.4 Å². The number of nitrogens with one attached hydrogen (secondary N) is 2. The monoisotopic (exact) mass is 310 g/mol. The standard InChI is InChI=1S/C18H22N4O/c1-14-6-4-5-7-17(14)19-13-18(23)21-20-12-15-8-10-16(11-9-15)22(2)3/h4-12,19H,13H2,1-3H3,(H,21,23). The molecule has 0 aliphatic heterocycles. The lowest BCUT2D eigenvalue weighted by atomic mass is 10.2. The molecule has 5 nitrogen and oxygen atoms in total. The average Bonchev–Trinajstić information content (AvgIpc) is 2.54. The minimum absolute atomic E-state index is 0.182. The van der Waals surface area contributed by atoms with Gasteiger partial charge in [-0.25, -0.2) is 5.43 Å². The SMILES string of the molecule is Cc1ccccc1NCC(=O)NN=Cc1ccc(N(C)C)cc1. The summed E-state index contributed by atoms with van der Waals surface area (Å²) >= 11 is 0. The lowest BCUT2D eigenvalue weighted by Gasteiger charge is -2.11. The van der Waals surface area contributed by atoms with Crippen LogP contribution in [0, 0.1) is 6.92 Å². The highest BCUT2D eigenvalue weighted by Gasteiger charge is 2.01. The fraction of sp³-hybridized carbons (Fsp3) is 0.222. The molecule has 2 rings (SSSR count). The topological polar surface area (TPSA) is 56.7 Å². The van der Waals surface area contributed by atoms with Gasteiger partial charge in [-0.05, 0) is 36.2 Å². The fourth-order valence-electron chi connectivity index (χ4n) is 2.02. The van der Waals surface area contributed by atoms with E-state index in [1.54, 1.807) is 6.21 Å². The van der Waals surface area contributed by atoms with Gasteiger partial charge in [0.05, 0.1) is 12.8 Å². The Hall–Kier alpha value is -2.82. The van der Waals surface area contributed by atoms with E-state index in [2.05, 4.69) is 15.8 Å². The van der Waals surface area contributed by atoms with Crippen LogP contribution in [-0.2, 0) is 4.79 Å². The smallest absolute Gasteiger partial charge is 0.259 e. The van der Waals surface area contributed by atoms with E-state index in [-0.39, 0.29) is 12.5 Å². The van der Waals surface area contributed by atoms with E-state index >= 15 is 0 Å². The summed E-state index contributed by atoms with van der Waals surface area (Å²) in [5, 5.41) is 7.06. The van der Waals surface area contributed by atoms with Crippen molar-refractivity contribution in [3.8, 4) is 0 Å². The van der Waals surface area contributed by atoms with Gasteiger partial charge >= 0.3 is 0 Å². The molecule has 0 heterocycles. The van der Waals surface area contributed by atoms with Crippen molar-refractivity contribution in [2.75, 3.05) is 30.9 Å². The highest BCUT2D eigenvalue weighted by atomic mass is 16.2. The Labute approximate surface area is 137 Å². The molecule has 0 radical (unpaired) electrons. The summed E-state index contributed by atoms with van der Waals surface area (Å²) in [7, 11) is 3.98. The number of carbonyl (C=O) groups is 1. The van der Waals surface area contributed by atoms with Crippen LogP contribution in [0.3, 0.4) is 0 Å². The average molecular weight is 310 g/mol. The molecule has 23 heavy (non-hydrogen) atoms. The van der Waals surface area contributed by atoms with Crippen LogP contribution in [0.4, 0.5) is 11.4 Å². The van der Waals surface area contributed by atoms with Gasteiger partial charge in [-0.15, -0.1) is 0 Å². The van der Waals surface area contributed by atoms with E-state index in [9.17, 15) is 4.79 Å². The molecule has 120 valence electrons. The molecule has 0 spiro atoms. The molecule has 0 saturated carbocycles. The third-order valence-corrected chi connectivity index (χ3v) is 3.40. The number of aryl methyl sites for hydroxylation is 1. The normalized spacial score (nSPS) is 10.6. The quantitative estimate of drug-likeness (QED) is 0.637. The summed E-state index contributed by atoms with van der Waals surface area (Å²) in [6.07, 6.45) is 1.63. The number of para-hydroxylation sites is 1. The van der Waals surface area contributed by atoms with E-state index in [0.717, 1.165) is 22.5 Å². The number of hydrazone groups is 1. The third kappa shape index (κ3) is 5.14. The Balaban J connectivity index is 1.80. The van der Waals surface area contributed by atoms with Crippen molar-refractivity contribution < 1.29 is 4.79 Å². The number of hydrogen-bond acceptors (Lipinski definition) is 4. The van der Waals surface area contributed by atoms with Crippen molar-refractivity contribution in [3.05, 3.63) is 59.7 Å². The van der Waals surface area contributed by atoms with Crippen LogP contribution in [0.25, 0.3) is 0 Å². The van der Waals surface area contributed by atoms with Crippen LogP contribution in [-0.4, -0.2) is 32.8 Å². The zero-order valence-corrected chi connectivity index (χ0v) is 13.7. The summed E-state index contributed by atoms with van der Waals surface area (Å²) in [4.78, 5) is 13.8. The molecule has 0 saturated heterocycles. The predicted octanol–water partition coefficient (Wildman–Crippen LogP) is 2.62. The lowest BCUT2D eigenvalue weighted by Crippen LogP contribution is -2.26. The predicted molar refractivity (Wildman–Crippen MR) is 96.2 cm³/mol. The van der Waals surface area contributed by atoms with Crippen molar-refractivity contribution in [2.24, 2.45) is 5.10 Å². The second kappa shape index (κ2) is 7.98. The minimum atomic E-state index is -0.186. The zero-order valence-electron chi connectivity index (χ0n) is 13.7. The molecule has 0 bridgehead atoms. The number of hydrogen-bond donors (Lipinski definition) is 2. The van der Waals surface area contributed by atoms with Crippen molar-refractivity contribution in [3.63, 3.8) is 0 Å². The van der Waals surface area contributed by atoms with Gasteiger partial charge in [0.25, 0.3) is 5.91 Å². The molecule has 0 unspecified atom stereocenters. The number of rotatable bonds is 6. The van der Waals surface area contributed by atoms with Crippen LogP contribution in [0.15, 0.2) is 53.6 Å². The Kier molecular flexibility index (Phi) is 5.74. The van der Waals surface area contributed by atoms with Gasteiger partial charge < -0.3 is 10.2 Å². The van der Waals surface area contributed by atoms with E-state index < -0.39 is 0 Å². The Morgan fingerprint density at radius 1 is 1.13 bits per heavy atom. The number of nitrogens with zero attached hydrogens (tertiary/aromatic N) is 2. The molecule has 0 atom stereocenters. The second-order valence-corrected chi connectivity index (χ2v) is 5.45. The van der Waals surface area contributed by atoms with Crippen molar-refractivity contribution >= 4 is 23.5 Å². The summed E-state index contributed by atoms with van der Waals surface area (Å²) in [6.45, 7) is 2.18. The highest BCUT2D eigenvalue weighted by molar-refractivity contribution is 5.84. The van der Waals surface area contributed by atoms with Crippen LogP contribution in [0.5, 0.6) is 0 Å². The summed E-state index contributed by atoms with van der Waals surface area (Å²) in [6, 6.07) is 15.8. The summed E-state index contributed by atoms with van der Waals surface area (Å²) in [5.41, 5.74) is 6.62. The molecule has 2 N–H and O–H groups in total. The van der Waals surface area contributed by atoms with Gasteiger partial charge in [0.1, 0.15) is 0 Å². The van der Waals surface area contributed by atoms with Crippen LogP contribution in [0.2, 0.25) is 0 Å². The van der Waals surface area contributed by atoms with Gasteiger partial charge in [0.15, 0.2) is 0 Å². The molecule has 0 aromatic heterocycles. The van der Waals surface area contributed by atoms with Crippen molar-refractivity contribution in [1.29, 1.82) is 0 Å². The summed E-state index contributed by atoms with van der Waals surface area (Å²) in [5.74, 6) is -0.186. The van der Waals surface area contributed by atoms with Gasteiger partial charge in [0, 0.05) is 25.5 Å². The molecule has 0 aliphatic rings. The molecule has 0 aliphatic carbocycles. The molecule has 5 heteroatoms. The largest absolute Gasteiger partial charge is 0.378 e. The first-order valence-corrected chi connectivity index (χ1v) is 7.45. The van der Waals surface area contributed by atoms with Crippen LogP contribution >= 0.6 is 0 Å². The first-order chi connectivity index (χ1) is 11.1. The number of benzene rings is 2. The highest BCUT2D eigenvalue weighted by Crippen LogP contribution is 2.12. The maximum Gasteiger partial charge on any atom is 0.259 e. The molecule has 2 aromatic rings. The summed E-state index contributed by atoms with van der Waals surface area (Å²) < 4.78 is 0. The number of anilines is 2. The maximum absolute atomic E-state index is 11.8. The maximum atomic E-state index is 11.8. The Bertz CT molecular complexity index is 678. The second-order valence-electron chi connectivity index (χ2n) is 5.45.